The number of anilines is 6. The number of aromatic nitrogens is 2. The molecule has 1 aromatic heterocycles. The van der Waals surface area contributed by atoms with E-state index in [0.717, 1.165) is 17.7 Å². The zero-order valence-corrected chi connectivity index (χ0v) is 22.4. The van der Waals surface area contributed by atoms with Crippen molar-refractivity contribution in [3.63, 3.8) is 0 Å². The predicted molar refractivity (Wildman–Crippen MR) is 148 cm³/mol. The average molecular weight is 588 g/mol. The highest BCUT2D eigenvalue weighted by Crippen LogP contribution is 2.27. The molecule has 0 aliphatic carbocycles. The first-order valence-electron chi connectivity index (χ1n) is 11.8. The van der Waals surface area contributed by atoms with Gasteiger partial charge in [-0.15, -0.1) is 13.2 Å². The summed E-state index contributed by atoms with van der Waals surface area (Å²) in [5.74, 6) is 0.264. The van der Waals surface area contributed by atoms with Crippen molar-refractivity contribution in [3.05, 3.63) is 84.6 Å². The first-order chi connectivity index (χ1) is 19.3. The molecule has 0 fully saturated rings. The number of halogens is 3. The standard InChI is InChI=1S/C26H24F3N7O4S/c1-16-14-19(36(2)25(37)33-17-6-9-20(10-7-17)40-26(27,28)29)8-11-22(16)34-23-12-13-31-24(35-23)32-18-4-3-5-21(15-18)41(30,38)39/h3-15H,1-2H3,(H,33,37)(H2,30,38,39)(H2,31,32,34,35). The van der Waals surface area contributed by atoms with Gasteiger partial charge in [-0.3, -0.25) is 4.90 Å². The van der Waals surface area contributed by atoms with E-state index in [1.807, 2.05) is 6.92 Å². The molecule has 1 heterocycles. The zero-order valence-electron chi connectivity index (χ0n) is 21.6. The number of hydrogen-bond acceptors (Lipinski definition) is 8. The summed E-state index contributed by atoms with van der Waals surface area (Å²) < 4.78 is 64.1. The number of hydrogen-bond donors (Lipinski definition) is 4. The Morgan fingerprint density at radius 1 is 0.976 bits per heavy atom. The van der Waals surface area contributed by atoms with Crippen molar-refractivity contribution < 1.29 is 31.1 Å². The predicted octanol–water partition coefficient (Wildman–Crippen LogP) is 5.49. The number of nitrogens with one attached hydrogen (secondary N) is 3. The molecule has 4 rings (SSSR count). The van der Waals surface area contributed by atoms with E-state index in [2.05, 4.69) is 30.7 Å². The minimum absolute atomic E-state index is 0.0559. The molecule has 214 valence electrons. The lowest BCUT2D eigenvalue weighted by Gasteiger charge is -2.20. The molecule has 0 saturated carbocycles. The Morgan fingerprint density at radius 2 is 1.71 bits per heavy atom. The van der Waals surface area contributed by atoms with Crippen LogP contribution in [0.5, 0.6) is 5.75 Å². The van der Waals surface area contributed by atoms with Crippen LogP contribution in [0.15, 0.2) is 83.9 Å². The number of amides is 2. The van der Waals surface area contributed by atoms with Crippen LogP contribution in [0.1, 0.15) is 5.56 Å². The van der Waals surface area contributed by atoms with Crippen LogP contribution < -0.4 is 30.7 Å². The maximum absolute atomic E-state index is 12.7. The summed E-state index contributed by atoms with van der Waals surface area (Å²) in [5.41, 5.74) is 2.76. The number of benzene rings is 3. The van der Waals surface area contributed by atoms with Crippen LogP contribution in [0.25, 0.3) is 0 Å². The summed E-state index contributed by atoms with van der Waals surface area (Å²) in [7, 11) is -2.32. The zero-order chi connectivity index (χ0) is 29.8. The van der Waals surface area contributed by atoms with E-state index >= 15 is 0 Å². The molecule has 0 aliphatic rings. The number of sulfonamides is 1. The van der Waals surface area contributed by atoms with Gasteiger partial charge in [0.15, 0.2) is 0 Å². The van der Waals surface area contributed by atoms with E-state index in [0.29, 0.717) is 22.9 Å². The van der Waals surface area contributed by atoms with Crippen molar-refractivity contribution in [1.29, 1.82) is 0 Å². The number of carbonyl (C=O) groups excluding carboxylic acids is 1. The molecule has 15 heteroatoms. The van der Waals surface area contributed by atoms with Crippen LogP contribution in [0, 0.1) is 6.92 Å². The lowest BCUT2D eigenvalue weighted by Crippen LogP contribution is -2.31. The first-order valence-corrected chi connectivity index (χ1v) is 13.3. The lowest BCUT2D eigenvalue weighted by molar-refractivity contribution is -0.274. The SMILES string of the molecule is Cc1cc(N(C)C(=O)Nc2ccc(OC(F)(F)F)cc2)ccc1Nc1ccnc(Nc2cccc(S(N)(=O)=O)c2)n1. The summed E-state index contributed by atoms with van der Waals surface area (Å²) in [4.78, 5) is 22.5. The molecule has 11 nitrogen and oxygen atoms in total. The quantitative estimate of drug-likeness (QED) is 0.211. The van der Waals surface area contributed by atoms with Gasteiger partial charge in [0.2, 0.25) is 16.0 Å². The largest absolute Gasteiger partial charge is 0.573 e. The molecule has 0 atom stereocenters. The molecule has 4 aromatic rings. The van der Waals surface area contributed by atoms with Crippen LogP contribution >= 0.6 is 0 Å². The molecular weight excluding hydrogens is 563 g/mol. The number of carbonyl (C=O) groups is 1. The van der Waals surface area contributed by atoms with Gasteiger partial charge in [0.1, 0.15) is 11.6 Å². The molecule has 5 N–H and O–H groups in total. The van der Waals surface area contributed by atoms with Crippen LogP contribution in [0.3, 0.4) is 0 Å². The van der Waals surface area contributed by atoms with E-state index in [9.17, 15) is 26.4 Å². The maximum atomic E-state index is 12.7. The number of nitrogens with two attached hydrogens (primary N) is 1. The molecule has 0 saturated heterocycles. The Labute approximate surface area is 233 Å². The molecule has 3 aromatic carbocycles. The van der Waals surface area contributed by atoms with Crippen molar-refractivity contribution in [2.75, 3.05) is 27.9 Å². The number of primary sulfonamides is 1. The van der Waals surface area contributed by atoms with Crippen molar-refractivity contribution in [3.8, 4) is 5.75 Å². The third-order valence-corrected chi connectivity index (χ3v) is 6.49. The molecule has 41 heavy (non-hydrogen) atoms. The van der Waals surface area contributed by atoms with Crippen LogP contribution in [0.2, 0.25) is 0 Å². The van der Waals surface area contributed by atoms with E-state index in [4.69, 9.17) is 5.14 Å². The van der Waals surface area contributed by atoms with Gasteiger partial charge >= 0.3 is 12.4 Å². The lowest BCUT2D eigenvalue weighted by atomic mass is 10.1. The Kier molecular flexibility index (Phi) is 8.30. The second-order valence-corrected chi connectivity index (χ2v) is 10.2. The fraction of sp³-hybridized carbons (Fsp3) is 0.115. The molecular formula is C26H24F3N7O4S. The smallest absolute Gasteiger partial charge is 0.406 e. The Hall–Kier alpha value is -4.89. The maximum Gasteiger partial charge on any atom is 0.573 e. The topological polar surface area (TPSA) is 152 Å². The van der Waals surface area contributed by atoms with Gasteiger partial charge in [-0.05, 0) is 79.2 Å². The van der Waals surface area contributed by atoms with E-state index in [1.54, 1.807) is 37.4 Å². The minimum atomic E-state index is -4.80. The number of alkyl halides is 3. The van der Waals surface area contributed by atoms with Gasteiger partial charge in [-0.1, -0.05) is 6.07 Å². The summed E-state index contributed by atoms with van der Waals surface area (Å²) >= 11 is 0. The summed E-state index contributed by atoms with van der Waals surface area (Å²) in [6.45, 7) is 1.83. The fourth-order valence-electron chi connectivity index (χ4n) is 3.57. The monoisotopic (exact) mass is 587 g/mol. The van der Waals surface area contributed by atoms with Crippen molar-refractivity contribution >= 4 is 50.6 Å². The number of urea groups is 1. The molecule has 0 bridgehead atoms. The van der Waals surface area contributed by atoms with Crippen molar-refractivity contribution in [2.24, 2.45) is 5.14 Å². The average Bonchev–Trinajstić information content (AvgIpc) is 2.89. The number of rotatable bonds is 8. The second kappa shape index (κ2) is 11.7. The molecule has 0 unspecified atom stereocenters. The second-order valence-electron chi connectivity index (χ2n) is 8.65. The normalized spacial score (nSPS) is 11.5. The Balaban J connectivity index is 1.41. The molecule has 2 amide bonds. The summed E-state index contributed by atoms with van der Waals surface area (Å²) in [6, 6.07) is 17.1. The Bertz CT molecular complexity index is 1670. The number of aryl methyl sites for hydroxylation is 1. The molecule has 0 spiro atoms. The van der Waals surface area contributed by atoms with Gasteiger partial charge < -0.3 is 20.7 Å². The Morgan fingerprint density at radius 3 is 2.37 bits per heavy atom. The number of ether oxygens (including phenoxy) is 1. The minimum Gasteiger partial charge on any atom is -0.406 e. The van der Waals surface area contributed by atoms with E-state index < -0.39 is 28.2 Å². The van der Waals surface area contributed by atoms with Crippen molar-refractivity contribution in [1.82, 2.24) is 9.97 Å². The summed E-state index contributed by atoms with van der Waals surface area (Å²) in [6.07, 6.45) is -3.29. The highest BCUT2D eigenvalue weighted by atomic mass is 32.2. The highest BCUT2D eigenvalue weighted by molar-refractivity contribution is 7.89. The third kappa shape index (κ3) is 8.06. The van der Waals surface area contributed by atoms with Crippen molar-refractivity contribution in [2.45, 2.75) is 18.2 Å². The van der Waals surface area contributed by atoms with Gasteiger partial charge in [0, 0.05) is 36.0 Å². The fourth-order valence-corrected chi connectivity index (χ4v) is 4.13. The van der Waals surface area contributed by atoms with Crippen LogP contribution in [0.4, 0.5) is 52.5 Å². The van der Waals surface area contributed by atoms with E-state index in [1.165, 1.54) is 41.4 Å². The van der Waals surface area contributed by atoms with Gasteiger partial charge in [0.05, 0.1) is 4.90 Å². The molecule has 0 radical (unpaired) electrons. The number of nitrogens with zero attached hydrogens (tertiary/aromatic N) is 3. The summed E-state index contributed by atoms with van der Waals surface area (Å²) in [5, 5.41) is 13.9. The van der Waals surface area contributed by atoms with Crippen LogP contribution in [-0.4, -0.2) is 37.8 Å². The van der Waals surface area contributed by atoms with Gasteiger partial charge in [-0.2, -0.15) is 4.98 Å². The van der Waals surface area contributed by atoms with Gasteiger partial charge in [-0.25, -0.2) is 23.3 Å². The van der Waals surface area contributed by atoms with Crippen LogP contribution in [-0.2, 0) is 10.0 Å². The third-order valence-electron chi connectivity index (χ3n) is 5.58. The highest BCUT2D eigenvalue weighted by Gasteiger charge is 2.31. The molecule has 0 aliphatic heterocycles. The first kappa shape index (κ1) is 29.1. The van der Waals surface area contributed by atoms with E-state index in [-0.39, 0.29) is 16.5 Å². The van der Waals surface area contributed by atoms with Gasteiger partial charge in [0.25, 0.3) is 0 Å².